The van der Waals surface area contributed by atoms with Crippen molar-refractivity contribution in [3.8, 4) is 0 Å². The third-order valence-corrected chi connectivity index (χ3v) is 8.07. The normalized spacial score (nSPS) is 20.3. The lowest BCUT2D eigenvalue weighted by Crippen LogP contribution is -2.38. The van der Waals surface area contributed by atoms with E-state index in [9.17, 15) is 18.0 Å². The van der Waals surface area contributed by atoms with Crippen molar-refractivity contribution in [2.75, 3.05) is 29.4 Å². The number of rotatable bonds is 6. The van der Waals surface area contributed by atoms with Gasteiger partial charge in [-0.05, 0) is 31.7 Å². The highest BCUT2D eigenvalue weighted by Crippen LogP contribution is 2.36. The molecule has 9 nitrogen and oxygen atoms in total. The van der Waals surface area contributed by atoms with Gasteiger partial charge in [0, 0.05) is 43.0 Å². The zero-order chi connectivity index (χ0) is 25.0. The lowest BCUT2D eigenvalue weighted by molar-refractivity contribution is -0.147. The second kappa shape index (κ2) is 8.86. The van der Waals surface area contributed by atoms with Crippen LogP contribution in [0.1, 0.15) is 49.1 Å². The number of carbonyl (C=O) groups excluding carboxylic acids is 1. The van der Waals surface area contributed by atoms with Crippen molar-refractivity contribution >= 4 is 39.2 Å². The number of alkyl halides is 3. The standard InChI is InChI=1S/C23H27F3N8OS/c1-2-3-15-10-16-18(32-8-9-34-17(12-32)30-31-21(34)23(24,25)26)28-22(29-20(16)36-15)33-7-6-14(11-33)27-19(35)13-4-5-13/h10,13-14H,2-9,11-12H2,1H3,(H,27,35)/t14-/m0/s1. The Kier molecular flexibility index (Phi) is 5.77. The second-order valence-electron chi connectivity index (χ2n) is 9.75. The monoisotopic (exact) mass is 520 g/mol. The second-order valence-corrected chi connectivity index (χ2v) is 10.9. The molecule has 1 saturated carbocycles. The molecule has 0 aromatic carbocycles. The van der Waals surface area contributed by atoms with E-state index in [1.807, 2.05) is 4.90 Å². The van der Waals surface area contributed by atoms with Crippen molar-refractivity contribution in [3.63, 3.8) is 0 Å². The molecule has 6 rings (SSSR count). The molecule has 1 amide bonds. The number of nitrogens with zero attached hydrogens (tertiary/aromatic N) is 7. The molecule has 0 unspecified atom stereocenters. The van der Waals surface area contributed by atoms with Gasteiger partial charge in [0.05, 0.1) is 11.9 Å². The summed E-state index contributed by atoms with van der Waals surface area (Å²) in [5.74, 6) is 0.922. The highest BCUT2D eigenvalue weighted by molar-refractivity contribution is 7.18. The molecular formula is C23H27F3N8OS. The molecule has 0 spiro atoms. The van der Waals surface area contributed by atoms with E-state index in [1.165, 1.54) is 4.88 Å². The average molecular weight is 521 g/mol. The summed E-state index contributed by atoms with van der Waals surface area (Å²) in [6, 6.07) is 2.17. The molecule has 0 bridgehead atoms. The summed E-state index contributed by atoms with van der Waals surface area (Å²) >= 11 is 1.63. The molecule has 1 saturated heterocycles. The summed E-state index contributed by atoms with van der Waals surface area (Å²) < 4.78 is 41.1. The zero-order valence-corrected chi connectivity index (χ0v) is 20.7. The van der Waals surface area contributed by atoms with E-state index >= 15 is 0 Å². The molecule has 3 aromatic heterocycles. The Labute approximate surface area is 209 Å². The first-order valence-electron chi connectivity index (χ1n) is 12.4. The van der Waals surface area contributed by atoms with Crippen LogP contribution in [0.4, 0.5) is 24.9 Å². The van der Waals surface area contributed by atoms with Crippen LogP contribution in [0.3, 0.4) is 0 Å². The first kappa shape index (κ1) is 23.4. The number of fused-ring (bicyclic) bond motifs is 2. The smallest absolute Gasteiger partial charge is 0.351 e. The molecule has 0 radical (unpaired) electrons. The number of anilines is 2. The third kappa shape index (κ3) is 4.37. The molecule has 1 aliphatic carbocycles. The first-order valence-corrected chi connectivity index (χ1v) is 13.2. The fourth-order valence-electron chi connectivity index (χ4n) is 4.97. The van der Waals surface area contributed by atoms with Crippen molar-refractivity contribution in [2.24, 2.45) is 5.92 Å². The van der Waals surface area contributed by atoms with Gasteiger partial charge < -0.3 is 19.7 Å². The van der Waals surface area contributed by atoms with Gasteiger partial charge in [0.1, 0.15) is 10.6 Å². The molecule has 2 fully saturated rings. The van der Waals surface area contributed by atoms with Gasteiger partial charge in [0.2, 0.25) is 17.7 Å². The molecule has 1 N–H and O–H groups in total. The van der Waals surface area contributed by atoms with Gasteiger partial charge in [-0.2, -0.15) is 18.2 Å². The fourth-order valence-corrected chi connectivity index (χ4v) is 6.09. The summed E-state index contributed by atoms with van der Waals surface area (Å²) in [6.07, 6.45) is 0.165. The summed E-state index contributed by atoms with van der Waals surface area (Å²) in [4.78, 5) is 28.2. The van der Waals surface area contributed by atoms with Crippen molar-refractivity contribution in [1.29, 1.82) is 0 Å². The van der Waals surface area contributed by atoms with Gasteiger partial charge in [0.15, 0.2) is 5.82 Å². The van der Waals surface area contributed by atoms with Gasteiger partial charge in [-0.3, -0.25) is 4.79 Å². The number of hydrogen-bond acceptors (Lipinski definition) is 8. The summed E-state index contributed by atoms with van der Waals surface area (Å²) in [5, 5.41) is 11.3. The van der Waals surface area contributed by atoms with E-state index in [0.717, 1.165) is 53.4 Å². The maximum atomic E-state index is 13.3. The van der Waals surface area contributed by atoms with Crippen LogP contribution >= 0.6 is 11.3 Å². The Morgan fingerprint density at radius 1 is 1.14 bits per heavy atom. The first-order chi connectivity index (χ1) is 17.3. The Balaban J connectivity index is 1.30. The zero-order valence-electron chi connectivity index (χ0n) is 19.9. The van der Waals surface area contributed by atoms with Gasteiger partial charge in [0.25, 0.3) is 0 Å². The highest BCUT2D eigenvalue weighted by Gasteiger charge is 2.40. The molecule has 1 atom stereocenters. The lowest BCUT2D eigenvalue weighted by atomic mass is 10.2. The molecule has 3 aliphatic rings. The van der Waals surface area contributed by atoms with Crippen LogP contribution in [-0.2, 0) is 30.5 Å². The van der Waals surface area contributed by atoms with E-state index in [0.29, 0.717) is 24.9 Å². The highest BCUT2D eigenvalue weighted by atomic mass is 32.1. The Morgan fingerprint density at radius 3 is 2.72 bits per heavy atom. The minimum absolute atomic E-state index is 0.0640. The number of thiophene rings is 1. The molecule has 2 aliphatic heterocycles. The predicted octanol–water partition coefficient (Wildman–Crippen LogP) is 3.38. The van der Waals surface area contributed by atoms with E-state index in [2.05, 4.69) is 33.4 Å². The fraction of sp³-hybridized carbons (Fsp3) is 0.609. The van der Waals surface area contributed by atoms with Gasteiger partial charge in [-0.25, -0.2) is 4.98 Å². The van der Waals surface area contributed by atoms with E-state index in [1.54, 1.807) is 11.3 Å². The molecule has 192 valence electrons. The topological polar surface area (TPSA) is 92.1 Å². The van der Waals surface area contributed by atoms with E-state index in [-0.39, 0.29) is 36.8 Å². The molecular weight excluding hydrogens is 493 g/mol. The third-order valence-electron chi connectivity index (χ3n) is 6.98. The maximum absolute atomic E-state index is 13.3. The predicted molar refractivity (Wildman–Crippen MR) is 129 cm³/mol. The van der Waals surface area contributed by atoms with Crippen LogP contribution in [0.2, 0.25) is 0 Å². The number of aryl methyl sites for hydroxylation is 1. The van der Waals surface area contributed by atoms with Crippen LogP contribution in [-0.4, -0.2) is 56.3 Å². The number of aromatic nitrogens is 5. The van der Waals surface area contributed by atoms with Crippen LogP contribution in [0.5, 0.6) is 0 Å². The minimum atomic E-state index is -4.54. The van der Waals surface area contributed by atoms with Crippen LogP contribution in [0.15, 0.2) is 6.07 Å². The van der Waals surface area contributed by atoms with Crippen molar-refractivity contribution in [1.82, 2.24) is 30.0 Å². The minimum Gasteiger partial charge on any atom is -0.351 e. The van der Waals surface area contributed by atoms with Crippen molar-refractivity contribution in [2.45, 2.75) is 64.3 Å². The largest absolute Gasteiger partial charge is 0.451 e. The van der Waals surface area contributed by atoms with Crippen molar-refractivity contribution < 1.29 is 18.0 Å². The summed E-state index contributed by atoms with van der Waals surface area (Å²) in [6.45, 7) is 4.17. The van der Waals surface area contributed by atoms with Gasteiger partial charge in [-0.15, -0.1) is 21.5 Å². The Morgan fingerprint density at radius 2 is 1.97 bits per heavy atom. The average Bonchev–Trinajstić information content (AvgIpc) is 3.23. The molecule has 5 heterocycles. The molecule has 3 aromatic rings. The molecule has 13 heteroatoms. The Bertz CT molecular complexity index is 1300. The van der Waals surface area contributed by atoms with E-state index < -0.39 is 12.0 Å². The number of nitrogens with one attached hydrogen (secondary N) is 1. The number of hydrogen-bond donors (Lipinski definition) is 1. The molecule has 36 heavy (non-hydrogen) atoms. The number of amides is 1. The van der Waals surface area contributed by atoms with Crippen LogP contribution in [0, 0.1) is 5.92 Å². The SMILES string of the molecule is CCCc1cc2c(N3CCn4c(nnc4C(F)(F)F)C3)nc(N3CC[C@H](NC(=O)C4CC4)C3)nc2s1. The lowest BCUT2D eigenvalue weighted by Gasteiger charge is -2.30. The van der Waals surface area contributed by atoms with Crippen molar-refractivity contribution in [3.05, 3.63) is 22.6 Å². The summed E-state index contributed by atoms with van der Waals surface area (Å²) in [7, 11) is 0. The van der Waals surface area contributed by atoms with Gasteiger partial charge in [-0.1, -0.05) is 13.3 Å². The Hall–Kier alpha value is -2.96. The van der Waals surface area contributed by atoms with Crippen LogP contribution in [0.25, 0.3) is 10.2 Å². The van der Waals surface area contributed by atoms with E-state index in [4.69, 9.17) is 9.97 Å². The van der Waals surface area contributed by atoms with Crippen LogP contribution < -0.4 is 15.1 Å². The summed E-state index contributed by atoms with van der Waals surface area (Å²) in [5.41, 5.74) is 0. The quantitative estimate of drug-likeness (QED) is 0.533. The number of halogens is 3. The number of carbonyl (C=O) groups is 1. The van der Waals surface area contributed by atoms with Gasteiger partial charge >= 0.3 is 6.18 Å². The maximum Gasteiger partial charge on any atom is 0.451 e.